The van der Waals surface area contributed by atoms with Crippen molar-refractivity contribution in [2.45, 2.75) is 44.8 Å². The number of amides is 1. The predicted molar refractivity (Wildman–Crippen MR) is 116 cm³/mol. The minimum atomic E-state index is -0.445. The first kappa shape index (κ1) is 20.6. The fourth-order valence-corrected chi connectivity index (χ4v) is 4.55. The molecule has 2 aliphatic heterocycles. The number of ether oxygens (including phenoxy) is 1. The molecule has 2 aliphatic rings. The fourth-order valence-electron chi connectivity index (χ4n) is 4.55. The van der Waals surface area contributed by atoms with E-state index < -0.39 is 6.10 Å². The fraction of sp³-hybridized carbons (Fsp3) is 0.478. The van der Waals surface area contributed by atoms with Crippen molar-refractivity contribution in [3.8, 4) is 0 Å². The van der Waals surface area contributed by atoms with Gasteiger partial charge in [0.05, 0.1) is 17.8 Å². The maximum absolute atomic E-state index is 12.8. The lowest BCUT2D eigenvalue weighted by Gasteiger charge is -2.49. The van der Waals surface area contributed by atoms with E-state index in [0.717, 1.165) is 49.4 Å². The molecule has 1 spiro atoms. The molecule has 4 rings (SSSR count). The number of hydrogen-bond acceptors (Lipinski definition) is 6. The molecule has 1 unspecified atom stereocenters. The summed E-state index contributed by atoms with van der Waals surface area (Å²) in [6, 6.07) is 11.5. The van der Waals surface area contributed by atoms with E-state index in [0.29, 0.717) is 18.7 Å². The SMILES string of the molecule is Cc1ccccc1N1CC2(CCN(CCc3ncccc3N=O)CC2)OC(C)C1=O. The Labute approximate surface area is 177 Å². The van der Waals surface area contributed by atoms with Gasteiger partial charge in [0.25, 0.3) is 5.91 Å². The summed E-state index contributed by atoms with van der Waals surface area (Å²) in [7, 11) is 0. The van der Waals surface area contributed by atoms with E-state index in [1.165, 1.54) is 0 Å². The summed E-state index contributed by atoms with van der Waals surface area (Å²) in [4.78, 5) is 32.4. The third kappa shape index (κ3) is 4.13. The standard InChI is InChI=1S/C23H28N4O3/c1-17-6-3-4-8-21(17)27-16-23(30-18(2)22(27)28)10-14-26(15-11-23)13-9-19-20(25-29)7-5-12-24-19/h3-8,12,18H,9-11,13-16H2,1-2H3. The predicted octanol–water partition coefficient (Wildman–Crippen LogP) is 3.62. The lowest BCUT2D eigenvalue weighted by Crippen LogP contribution is -2.61. The summed E-state index contributed by atoms with van der Waals surface area (Å²) >= 11 is 0. The van der Waals surface area contributed by atoms with Gasteiger partial charge in [0.15, 0.2) is 0 Å². The lowest BCUT2D eigenvalue weighted by atomic mass is 9.88. The Bertz CT molecular complexity index is 924. The van der Waals surface area contributed by atoms with Gasteiger partial charge in [0.1, 0.15) is 11.8 Å². The van der Waals surface area contributed by atoms with Crippen LogP contribution in [0.4, 0.5) is 11.4 Å². The van der Waals surface area contributed by atoms with E-state index in [2.05, 4.69) is 15.1 Å². The number of nitroso groups, excluding NO2 is 1. The van der Waals surface area contributed by atoms with Gasteiger partial charge in [-0.25, -0.2) is 0 Å². The number of likely N-dealkylation sites (tertiary alicyclic amines) is 1. The molecule has 1 aromatic carbocycles. The molecule has 0 saturated carbocycles. The van der Waals surface area contributed by atoms with Gasteiger partial charge in [-0.05, 0) is 55.6 Å². The molecule has 1 amide bonds. The highest BCUT2D eigenvalue weighted by atomic mass is 16.5. The van der Waals surface area contributed by atoms with E-state index in [4.69, 9.17) is 4.74 Å². The number of nitrogens with zero attached hydrogens (tertiary/aromatic N) is 4. The average Bonchev–Trinajstić information content (AvgIpc) is 2.77. The van der Waals surface area contributed by atoms with Gasteiger partial charge in [-0.3, -0.25) is 9.78 Å². The Morgan fingerprint density at radius 2 is 1.97 bits per heavy atom. The number of anilines is 1. The van der Waals surface area contributed by atoms with Crippen LogP contribution in [0.3, 0.4) is 0 Å². The molecule has 30 heavy (non-hydrogen) atoms. The molecule has 7 heteroatoms. The van der Waals surface area contributed by atoms with Crippen LogP contribution in [0.2, 0.25) is 0 Å². The zero-order chi connectivity index (χ0) is 21.1. The van der Waals surface area contributed by atoms with Gasteiger partial charge < -0.3 is 14.5 Å². The zero-order valence-corrected chi connectivity index (χ0v) is 17.6. The molecule has 158 valence electrons. The summed E-state index contributed by atoms with van der Waals surface area (Å²) < 4.78 is 6.28. The molecule has 1 aromatic heterocycles. The molecule has 2 aromatic rings. The normalized spacial score (nSPS) is 21.7. The molecule has 2 saturated heterocycles. The Morgan fingerprint density at radius 3 is 2.70 bits per heavy atom. The van der Waals surface area contributed by atoms with Crippen molar-refractivity contribution in [3.05, 3.63) is 58.8 Å². The van der Waals surface area contributed by atoms with E-state index in [1.54, 1.807) is 18.3 Å². The number of piperidine rings is 1. The number of hydrogen-bond donors (Lipinski definition) is 0. The number of carbonyl (C=O) groups excluding carboxylic acids is 1. The van der Waals surface area contributed by atoms with E-state index in [9.17, 15) is 9.70 Å². The number of aromatic nitrogens is 1. The van der Waals surface area contributed by atoms with Crippen molar-refractivity contribution < 1.29 is 9.53 Å². The minimum absolute atomic E-state index is 0.0291. The molecule has 2 fully saturated rings. The average molecular weight is 409 g/mol. The first-order valence-electron chi connectivity index (χ1n) is 10.6. The van der Waals surface area contributed by atoms with Gasteiger partial charge in [-0.1, -0.05) is 18.2 Å². The Morgan fingerprint density at radius 1 is 1.20 bits per heavy atom. The van der Waals surface area contributed by atoms with Crippen LogP contribution < -0.4 is 4.90 Å². The van der Waals surface area contributed by atoms with Gasteiger partial charge in [-0.2, -0.15) is 0 Å². The van der Waals surface area contributed by atoms with Crippen molar-refractivity contribution in [2.75, 3.05) is 31.1 Å². The molecule has 1 atom stereocenters. The lowest BCUT2D eigenvalue weighted by molar-refractivity contribution is -0.161. The van der Waals surface area contributed by atoms with Gasteiger partial charge in [0.2, 0.25) is 0 Å². The van der Waals surface area contributed by atoms with Crippen LogP contribution in [0.25, 0.3) is 0 Å². The maximum atomic E-state index is 12.8. The quantitative estimate of drug-likeness (QED) is 0.707. The molecule has 0 radical (unpaired) electrons. The van der Waals surface area contributed by atoms with Crippen LogP contribution in [0, 0.1) is 11.8 Å². The number of rotatable bonds is 5. The second-order valence-electron chi connectivity index (χ2n) is 8.31. The number of pyridine rings is 1. The van der Waals surface area contributed by atoms with Crippen LogP contribution in [0.1, 0.15) is 31.0 Å². The highest BCUT2D eigenvalue weighted by molar-refractivity contribution is 5.97. The van der Waals surface area contributed by atoms with Gasteiger partial charge >= 0.3 is 0 Å². The summed E-state index contributed by atoms with van der Waals surface area (Å²) in [5, 5.41) is 3.07. The van der Waals surface area contributed by atoms with Gasteiger partial charge in [-0.15, -0.1) is 4.91 Å². The third-order valence-electron chi connectivity index (χ3n) is 6.29. The Hall–Kier alpha value is -2.64. The third-order valence-corrected chi connectivity index (χ3v) is 6.29. The second kappa shape index (κ2) is 8.62. The van der Waals surface area contributed by atoms with Crippen molar-refractivity contribution in [1.29, 1.82) is 0 Å². The summed E-state index contributed by atoms with van der Waals surface area (Å²) in [5.41, 5.74) is 2.92. The Kier molecular flexibility index (Phi) is 5.92. The second-order valence-corrected chi connectivity index (χ2v) is 8.31. The summed E-state index contributed by atoms with van der Waals surface area (Å²) in [6.07, 6.45) is 3.69. The molecule has 3 heterocycles. The highest BCUT2D eigenvalue weighted by Gasteiger charge is 2.45. The summed E-state index contributed by atoms with van der Waals surface area (Å²) in [6.45, 7) is 7.09. The topological polar surface area (TPSA) is 75.1 Å². The largest absolute Gasteiger partial charge is 0.360 e. The maximum Gasteiger partial charge on any atom is 0.255 e. The van der Waals surface area contributed by atoms with Crippen molar-refractivity contribution >= 4 is 17.3 Å². The number of para-hydroxylation sites is 1. The first-order chi connectivity index (χ1) is 14.5. The molecule has 7 nitrogen and oxygen atoms in total. The molecule has 0 aliphatic carbocycles. The van der Waals surface area contributed by atoms with E-state index >= 15 is 0 Å². The number of aryl methyl sites for hydroxylation is 1. The first-order valence-corrected chi connectivity index (χ1v) is 10.6. The Balaban J connectivity index is 1.41. The smallest absolute Gasteiger partial charge is 0.255 e. The van der Waals surface area contributed by atoms with Crippen LogP contribution in [-0.2, 0) is 16.0 Å². The van der Waals surface area contributed by atoms with Crippen LogP contribution >= 0.6 is 0 Å². The number of morpholine rings is 1. The van der Waals surface area contributed by atoms with Crippen LogP contribution in [0.5, 0.6) is 0 Å². The monoisotopic (exact) mass is 408 g/mol. The molecule has 0 N–H and O–H groups in total. The van der Waals surface area contributed by atoms with E-state index in [-0.39, 0.29) is 11.5 Å². The van der Waals surface area contributed by atoms with Gasteiger partial charge in [0, 0.05) is 37.9 Å². The summed E-state index contributed by atoms with van der Waals surface area (Å²) in [5.74, 6) is 0.0291. The van der Waals surface area contributed by atoms with E-state index in [1.807, 2.05) is 43.0 Å². The van der Waals surface area contributed by atoms with Crippen LogP contribution in [-0.4, -0.2) is 53.7 Å². The number of benzene rings is 1. The zero-order valence-electron chi connectivity index (χ0n) is 17.6. The number of carbonyl (C=O) groups is 1. The van der Waals surface area contributed by atoms with Crippen molar-refractivity contribution in [1.82, 2.24) is 9.88 Å². The molecule has 0 bridgehead atoms. The minimum Gasteiger partial charge on any atom is -0.360 e. The van der Waals surface area contributed by atoms with Crippen molar-refractivity contribution in [3.63, 3.8) is 0 Å². The highest BCUT2D eigenvalue weighted by Crippen LogP contribution is 2.36. The van der Waals surface area contributed by atoms with Crippen molar-refractivity contribution in [2.24, 2.45) is 5.18 Å². The molecular formula is C23H28N4O3. The van der Waals surface area contributed by atoms with Crippen LogP contribution in [0.15, 0.2) is 47.8 Å². The molecular weight excluding hydrogens is 380 g/mol.